The van der Waals surface area contributed by atoms with Gasteiger partial charge in [0.15, 0.2) is 5.13 Å². The highest BCUT2D eigenvalue weighted by Crippen LogP contribution is 2.29. The molecule has 3 rings (SSSR count). The number of carbonyl (C=O) groups excluding carboxylic acids is 1. The van der Waals surface area contributed by atoms with Crippen LogP contribution in [0, 0.1) is 0 Å². The van der Waals surface area contributed by atoms with Crippen LogP contribution < -0.4 is 10.6 Å². The molecule has 1 aromatic heterocycles. The summed E-state index contributed by atoms with van der Waals surface area (Å²) in [4.78, 5) is 17.0. The van der Waals surface area contributed by atoms with E-state index >= 15 is 0 Å². The van der Waals surface area contributed by atoms with Gasteiger partial charge in [0.25, 0.3) is 5.91 Å². The number of carbonyl (C=O) groups is 1. The molecule has 134 valence electrons. The zero-order chi connectivity index (χ0) is 18.4. The van der Waals surface area contributed by atoms with Gasteiger partial charge in [-0.25, -0.2) is 4.98 Å². The molecule has 0 radical (unpaired) electrons. The Balaban J connectivity index is 1.91. The van der Waals surface area contributed by atoms with Crippen LogP contribution in [0.1, 0.15) is 30.1 Å². The first kappa shape index (κ1) is 18.6. The summed E-state index contributed by atoms with van der Waals surface area (Å²) in [6, 6.07) is 15.8. The van der Waals surface area contributed by atoms with E-state index in [9.17, 15) is 4.79 Å². The number of anilines is 2. The van der Waals surface area contributed by atoms with Crippen molar-refractivity contribution < 1.29 is 4.79 Å². The van der Waals surface area contributed by atoms with Crippen LogP contribution in [0.25, 0.3) is 11.1 Å². The maximum atomic E-state index is 12.8. The molecule has 0 saturated heterocycles. The zero-order valence-electron chi connectivity index (χ0n) is 14.5. The Morgan fingerprint density at radius 3 is 2.69 bits per heavy atom. The molecule has 0 aliphatic rings. The fraction of sp³-hybridized carbons (Fsp3) is 0.200. The van der Waals surface area contributed by atoms with E-state index in [0.717, 1.165) is 40.0 Å². The second-order valence-electron chi connectivity index (χ2n) is 5.83. The summed E-state index contributed by atoms with van der Waals surface area (Å²) >= 11 is 4.76. The average Bonchev–Trinajstić information content (AvgIpc) is 3.07. The SMILES string of the molecule is CCCCNc1ccc(C(=O)Nc2ncc(Br)s2)c(-c2ccccc2)c1. The van der Waals surface area contributed by atoms with Crippen LogP contribution in [0.15, 0.2) is 58.5 Å². The van der Waals surface area contributed by atoms with E-state index in [-0.39, 0.29) is 5.91 Å². The Kier molecular flexibility index (Phi) is 6.41. The third-order valence-electron chi connectivity index (χ3n) is 3.91. The van der Waals surface area contributed by atoms with Gasteiger partial charge in [0.05, 0.1) is 9.98 Å². The highest BCUT2D eigenvalue weighted by atomic mass is 79.9. The van der Waals surface area contributed by atoms with Gasteiger partial charge in [0, 0.05) is 17.8 Å². The normalized spacial score (nSPS) is 10.5. The summed E-state index contributed by atoms with van der Waals surface area (Å²) in [5, 5.41) is 6.88. The molecule has 0 saturated carbocycles. The van der Waals surface area contributed by atoms with Crippen molar-refractivity contribution in [2.45, 2.75) is 19.8 Å². The van der Waals surface area contributed by atoms with Crippen molar-refractivity contribution in [3.05, 3.63) is 64.1 Å². The summed E-state index contributed by atoms with van der Waals surface area (Å²) in [6.45, 7) is 3.09. The lowest BCUT2D eigenvalue weighted by atomic mass is 9.98. The monoisotopic (exact) mass is 429 g/mol. The minimum atomic E-state index is -0.161. The second-order valence-corrected chi connectivity index (χ2v) is 8.24. The Morgan fingerprint density at radius 2 is 2.00 bits per heavy atom. The largest absolute Gasteiger partial charge is 0.385 e. The first-order chi connectivity index (χ1) is 12.7. The lowest BCUT2D eigenvalue weighted by molar-refractivity contribution is 0.102. The molecule has 1 heterocycles. The minimum absolute atomic E-state index is 0.161. The van der Waals surface area contributed by atoms with Gasteiger partial charge < -0.3 is 5.32 Å². The van der Waals surface area contributed by atoms with Crippen LogP contribution in [0.3, 0.4) is 0 Å². The molecule has 4 nitrogen and oxygen atoms in total. The molecule has 0 spiro atoms. The molecule has 0 aliphatic carbocycles. The number of amides is 1. The number of unbranched alkanes of at least 4 members (excludes halogenated alkanes) is 1. The average molecular weight is 430 g/mol. The quantitative estimate of drug-likeness (QED) is 0.450. The summed E-state index contributed by atoms with van der Waals surface area (Å²) in [5.41, 5.74) is 3.56. The minimum Gasteiger partial charge on any atom is -0.385 e. The Morgan fingerprint density at radius 1 is 1.19 bits per heavy atom. The van der Waals surface area contributed by atoms with Crippen LogP contribution >= 0.6 is 27.3 Å². The van der Waals surface area contributed by atoms with Gasteiger partial charge >= 0.3 is 0 Å². The van der Waals surface area contributed by atoms with Gasteiger partial charge in [0.2, 0.25) is 0 Å². The van der Waals surface area contributed by atoms with Gasteiger partial charge in [-0.1, -0.05) is 55.0 Å². The molecule has 26 heavy (non-hydrogen) atoms. The van der Waals surface area contributed by atoms with Gasteiger partial charge in [0.1, 0.15) is 0 Å². The summed E-state index contributed by atoms with van der Waals surface area (Å²) < 4.78 is 0.881. The smallest absolute Gasteiger partial charge is 0.258 e. The van der Waals surface area contributed by atoms with Crippen LogP contribution in [-0.4, -0.2) is 17.4 Å². The number of nitrogens with zero attached hydrogens (tertiary/aromatic N) is 1. The van der Waals surface area contributed by atoms with Crippen molar-refractivity contribution in [1.82, 2.24) is 4.98 Å². The van der Waals surface area contributed by atoms with E-state index in [1.54, 1.807) is 6.20 Å². The van der Waals surface area contributed by atoms with Crippen molar-refractivity contribution in [3.63, 3.8) is 0 Å². The van der Waals surface area contributed by atoms with E-state index < -0.39 is 0 Å². The first-order valence-corrected chi connectivity index (χ1v) is 10.1. The van der Waals surface area contributed by atoms with Gasteiger partial charge in [-0.2, -0.15) is 0 Å². The zero-order valence-corrected chi connectivity index (χ0v) is 16.9. The lowest BCUT2D eigenvalue weighted by Crippen LogP contribution is -2.13. The fourth-order valence-corrected chi connectivity index (χ4v) is 3.70. The van der Waals surface area contributed by atoms with E-state index in [0.29, 0.717) is 10.7 Å². The number of thiazole rings is 1. The molecule has 0 atom stereocenters. The van der Waals surface area contributed by atoms with E-state index in [1.165, 1.54) is 11.3 Å². The van der Waals surface area contributed by atoms with E-state index in [4.69, 9.17) is 0 Å². The highest BCUT2D eigenvalue weighted by molar-refractivity contribution is 9.11. The molecule has 0 bridgehead atoms. The van der Waals surface area contributed by atoms with Crippen LogP contribution in [0.4, 0.5) is 10.8 Å². The Hall–Kier alpha value is -2.18. The van der Waals surface area contributed by atoms with E-state index in [2.05, 4.69) is 38.5 Å². The standard InChI is InChI=1S/C20H20BrN3OS/c1-2-3-11-22-15-9-10-16(17(12-15)14-7-5-4-6-8-14)19(25)24-20-23-13-18(21)26-20/h4-10,12-13,22H,2-3,11H2,1H3,(H,23,24,25). The fourth-order valence-electron chi connectivity index (χ4n) is 2.59. The van der Waals surface area contributed by atoms with Crippen molar-refractivity contribution in [2.75, 3.05) is 17.2 Å². The van der Waals surface area contributed by atoms with E-state index in [1.807, 2.05) is 48.5 Å². The molecule has 3 aromatic rings. The van der Waals surface area contributed by atoms with Crippen LogP contribution in [0.5, 0.6) is 0 Å². The van der Waals surface area contributed by atoms with Gasteiger partial charge in [-0.3, -0.25) is 10.1 Å². The number of nitrogens with one attached hydrogen (secondary N) is 2. The van der Waals surface area contributed by atoms with Crippen molar-refractivity contribution in [1.29, 1.82) is 0 Å². The number of halogens is 1. The number of aromatic nitrogens is 1. The van der Waals surface area contributed by atoms with Crippen molar-refractivity contribution in [2.24, 2.45) is 0 Å². The van der Waals surface area contributed by atoms with Crippen LogP contribution in [-0.2, 0) is 0 Å². The summed E-state index contributed by atoms with van der Waals surface area (Å²) in [5.74, 6) is -0.161. The predicted molar refractivity (Wildman–Crippen MR) is 113 cm³/mol. The molecular weight excluding hydrogens is 410 g/mol. The van der Waals surface area contributed by atoms with Crippen molar-refractivity contribution >= 4 is 44.0 Å². The predicted octanol–water partition coefficient (Wildman–Crippen LogP) is 6.04. The lowest BCUT2D eigenvalue weighted by Gasteiger charge is -2.13. The molecule has 2 N–H and O–H groups in total. The summed E-state index contributed by atoms with van der Waals surface area (Å²) in [7, 11) is 0. The molecule has 6 heteroatoms. The molecule has 0 unspecified atom stereocenters. The van der Waals surface area contributed by atoms with Gasteiger partial charge in [-0.05, 0) is 51.7 Å². The Labute approximate surface area is 165 Å². The molecule has 1 amide bonds. The third kappa shape index (κ3) is 4.71. The van der Waals surface area contributed by atoms with Crippen LogP contribution in [0.2, 0.25) is 0 Å². The number of hydrogen-bond donors (Lipinski definition) is 2. The molecule has 2 aromatic carbocycles. The summed E-state index contributed by atoms with van der Waals surface area (Å²) in [6.07, 6.45) is 3.93. The Bertz CT molecular complexity index is 880. The number of hydrogen-bond acceptors (Lipinski definition) is 4. The highest BCUT2D eigenvalue weighted by Gasteiger charge is 2.15. The molecule has 0 aliphatic heterocycles. The molecular formula is C20H20BrN3OS. The van der Waals surface area contributed by atoms with Crippen molar-refractivity contribution in [3.8, 4) is 11.1 Å². The number of benzene rings is 2. The second kappa shape index (κ2) is 8.96. The topological polar surface area (TPSA) is 54.0 Å². The maximum Gasteiger partial charge on any atom is 0.258 e. The maximum absolute atomic E-state index is 12.8. The number of rotatable bonds is 7. The van der Waals surface area contributed by atoms with Gasteiger partial charge in [-0.15, -0.1) is 0 Å². The first-order valence-electron chi connectivity index (χ1n) is 8.53. The molecule has 0 fully saturated rings. The third-order valence-corrected chi connectivity index (χ3v) is 5.30.